The number of nitrogens with zero attached hydrogens (tertiary/aromatic N) is 4. The lowest BCUT2D eigenvalue weighted by Crippen LogP contribution is -2.57. The Morgan fingerprint density at radius 3 is 2.59 bits per heavy atom. The second-order valence-corrected chi connectivity index (χ2v) is 8.35. The number of hydrogen-bond donors (Lipinski definition) is 0. The first kappa shape index (κ1) is 17.3. The lowest BCUT2D eigenvalue weighted by molar-refractivity contribution is 0.250. The van der Waals surface area contributed by atoms with Crippen LogP contribution in [0.25, 0.3) is 0 Å². The van der Waals surface area contributed by atoms with E-state index in [-0.39, 0.29) is 16.9 Å². The molecule has 2 fully saturated rings. The molecule has 1 aromatic carbocycles. The van der Waals surface area contributed by atoms with E-state index >= 15 is 0 Å². The van der Waals surface area contributed by atoms with Crippen LogP contribution in [0.1, 0.15) is 25.3 Å². The van der Waals surface area contributed by atoms with E-state index in [4.69, 9.17) is 28.2 Å². The highest BCUT2D eigenvalue weighted by atomic mass is 35.5. The molecule has 3 heterocycles. The lowest BCUT2D eigenvalue weighted by atomic mass is 10.0. The molecule has 2 atom stereocenters. The van der Waals surface area contributed by atoms with Gasteiger partial charge in [-0.15, -0.1) is 0 Å². The van der Waals surface area contributed by atoms with Crippen LogP contribution >= 0.6 is 23.2 Å². The minimum Gasteiger partial charge on any atom is -0.352 e. The quantitative estimate of drug-likeness (QED) is 0.759. The maximum Gasteiger partial charge on any atom is 0.141 e. The fourth-order valence-electron chi connectivity index (χ4n) is 4.81. The molecule has 3 aliphatic rings. The molecule has 1 spiro atoms. The number of anilines is 1. The normalized spacial score (nSPS) is 28.7. The average Bonchev–Trinajstić information content (AvgIpc) is 3.19. The van der Waals surface area contributed by atoms with Crippen molar-refractivity contribution in [3.63, 3.8) is 0 Å². The van der Waals surface area contributed by atoms with E-state index in [1.54, 1.807) is 6.07 Å². The van der Waals surface area contributed by atoms with Crippen molar-refractivity contribution in [2.75, 3.05) is 24.5 Å². The van der Waals surface area contributed by atoms with Crippen LogP contribution in [-0.4, -0.2) is 46.4 Å². The number of rotatable bonds is 3. The topological polar surface area (TPSA) is 31.7 Å². The van der Waals surface area contributed by atoms with Gasteiger partial charge in [-0.2, -0.15) is 0 Å². The molecule has 0 amide bonds. The second-order valence-electron chi connectivity index (χ2n) is 7.53. The Bertz CT molecular complexity index is 927. The van der Waals surface area contributed by atoms with Crippen molar-refractivity contribution < 1.29 is 4.39 Å². The largest absolute Gasteiger partial charge is 0.352 e. The van der Waals surface area contributed by atoms with E-state index in [9.17, 15) is 4.39 Å². The van der Waals surface area contributed by atoms with E-state index in [0.717, 1.165) is 49.7 Å². The van der Waals surface area contributed by atoms with Gasteiger partial charge in [-0.05, 0) is 30.7 Å². The van der Waals surface area contributed by atoms with Gasteiger partial charge < -0.3 is 9.80 Å². The highest BCUT2D eigenvalue weighted by molar-refractivity contribution is 6.40. The Hall–Kier alpha value is -1.85. The van der Waals surface area contributed by atoms with Gasteiger partial charge in [0, 0.05) is 26.1 Å². The Kier molecular flexibility index (Phi) is 3.72. The van der Waals surface area contributed by atoms with Crippen molar-refractivity contribution in [1.82, 2.24) is 9.88 Å². The van der Waals surface area contributed by atoms with Crippen molar-refractivity contribution in [2.45, 2.75) is 30.8 Å². The minimum absolute atomic E-state index is 0.0616. The number of piperazine rings is 1. The molecule has 0 N–H and O–H groups in total. The fourth-order valence-corrected chi connectivity index (χ4v) is 5.37. The van der Waals surface area contributed by atoms with Gasteiger partial charge in [0.2, 0.25) is 0 Å². The van der Waals surface area contributed by atoms with Crippen LogP contribution in [-0.2, 0) is 0 Å². The van der Waals surface area contributed by atoms with Gasteiger partial charge in [-0.25, -0.2) is 9.37 Å². The number of amidine groups is 1. The number of halogens is 3. The molecule has 2 aliphatic heterocycles. The maximum absolute atomic E-state index is 13.3. The molecular formula is C20H19Cl2FN4. The number of aliphatic imine (C=N–C) groups is 1. The van der Waals surface area contributed by atoms with Gasteiger partial charge in [0.15, 0.2) is 0 Å². The first-order chi connectivity index (χ1) is 13.0. The van der Waals surface area contributed by atoms with Gasteiger partial charge in [-0.1, -0.05) is 36.2 Å². The van der Waals surface area contributed by atoms with Crippen LogP contribution in [0.4, 0.5) is 10.2 Å². The zero-order valence-electron chi connectivity index (χ0n) is 14.9. The van der Waals surface area contributed by atoms with Crippen LogP contribution < -0.4 is 4.90 Å². The minimum atomic E-state index is -0.315. The number of benzene rings is 1. The summed E-state index contributed by atoms with van der Waals surface area (Å²) in [5.74, 6) is 1.40. The summed E-state index contributed by atoms with van der Waals surface area (Å²) >= 11 is 13.0. The van der Waals surface area contributed by atoms with E-state index in [2.05, 4.69) is 21.7 Å². The number of aromatic nitrogens is 1. The first-order valence-electron chi connectivity index (χ1n) is 9.18. The second kappa shape index (κ2) is 5.82. The predicted octanol–water partition coefficient (Wildman–Crippen LogP) is 4.40. The van der Waals surface area contributed by atoms with E-state index in [0.29, 0.717) is 10.0 Å². The van der Waals surface area contributed by atoms with E-state index < -0.39 is 0 Å². The van der Waals surface area contributed by atoms with Crippen LogP contribution in [0.5, 0.6) is 0 Å². The Labute approximate surface area is 167 Å². The third-order valence-electron chi connectivity index (χ3n) is 6.27. The Morgan fingerprint density at radius 1 is 1.15 bits per heavy atom. The summed E-state index contributed by atoms with van der Waals surface area (Å²) in [5, 5.41) is 1.26. The highest BCUT2D eigenvalue weighted by Gasteiger charge is 2.75. The van der Waals surface area contributed by atoms with Gasteiger partial charge in [0.1, 0.15) is 17.5 Å². The molecule has 2 aromatic rings. The SMILES string of the molecule is CCC12CC13CN(c1ccc(F)cn1)CCN3C(c1c(Cl)cccc1Cl)=N2. The summed E-state index contributed by atoms with van der Waals surface area (Å²) in [7, 11) is 0. The number of hydrogen-bond acceptors (Lipinski definition) is 4. The summed E-state index contributed by atoms with van der Waals surface area (Å²) in [6.07, 6.45) is 3.25. The van der Waals surface area contributed by atoms with Gasteiger partial charge >= 0.3 is 0 Å². The smallest absolute Gasteiger partial charge is 0.141 e. The predicted molar refractivity (Wildman–Crippen MR) is 106 cm³/mol. The van der Waals surface area contributed by atoms with Crippen LogP contribution in [0, 0.1) is 5.82 Å². The first-order valence-corrected chi connectivity index (χ1v) is 9.94. The zero-order valence-corrected chi connectivity index (χ0v) is 16.4. The van der Waals surface area contributed by atoms with E-state index in [1.165, 1.54) is 12.3 Å². The van der Waals surface area contributed by atoms with Gasteiger partial charge in [-0.3, -0.25) is 4.99 Å². The summed E-state index contributed by atoms with van der Waals surface area (Å²) in [4.78, 5) is 14.0. The molecule has 0 bridgehead atoms. The van der Waals surface area contributed by atoms with Gasteiger partial charge in [0.25, 0.3) is 0 Å². The molecule has 0 radical (unpaired) electrons. The summed E-state index contributed by atoms with van der Waals surface area (Å²) in [6, 6.07) is 8.79. The molecule has 1 aromatic heterocycles. The monoisotopic (exact) mass is 404 g/mol. The van der Waals surface area contributed by atoms with Crippen molar-refractivity contribution in [3.8, 4) is 0 Å². The molecule has 2 unspecified atom stereocenters. The molecule has 140 valence electrons. The third kappa shape index (κ3) is 2.34. The molecule has 4 nitrogen and oxygen atoms in total. The fraction of sp³-hybridized carbons (Fsp3) is 0.400. The summed E-state index contributed by atoms with van der Waals surface area (Å²) in [6.45, 7) is 4.60. The van der Waals surface area contributed by atoms with Crippen LogP contribution in [0.3, 0.4) is 0 Å². The lowest BCUT2D eigenvalue weighted by Gasteiger charge is -2.43. The van der Waals surface area contributed by atoms with E-state index in [1.807, 2.05) is 18.2 Å². The Balaban J connectivity index is 1.52. The zero-order chi connectivity index (χ0) is 18.8. The van der Waals surface area contributed by atoms with Crippen LogP contribution in [0.2, 0.25) is 10.0 Å². The number of pyridine rings is 1. The average molecular weight is 405 g/mol. The van der Waals surface area contributed by atoms with Gasteiger partial charge in [0.05, 0.1) is 32.9 Å². The van der Waals surface area contributed by atoms with Crippen molar-refractivity contribution in [1.29, 1.82) is 0 Å². The standard InChI is InChI=1S/C20H19Cl2FN4/c1-2-19-11-20(19)12-26(16-7-6-13(23)10-24-16)8-9-27(20)18(25-19)17-14(21)4-3-5-15(17)22/h3-7,10H,2,8-9,11-12H2,1H3. The molecule has 5 rings (SSSR count). The molecular weight excluding hydrogens is 386 g/mol. The molecule has 1 aliphatic carbocycles. The summed E-state index contributed by atoms with van der Waals surface area (Å²) in [5.41, 5.74) is 0.658. The molecule has 27 heavy (non-hydrogen) atoms. The summed E-state index contributed by atoms with van der Waals surface area (Å²) < 4.78 is 13.3. The maximum atomic E-state index is 13.3. The molecule has 1 saturated heterocycles. The third-order valence-corrected chi connectivity index (χ3v) is 6.90. The van der Waals surface area contributed by atoms with Crippen molar-refractivity contribution in [2.24, 2.45) is 4.99 Å². The molecule has 1 saturated carbocycles. The Morgan fingerprint density at radius 2 is 1.93 bits per heavy atom. The van der Waals surface area contributed by atoms with Crippen LogP contribution in [0.15, 0.2) is 41.5 Å². The van der Waals surface area contributed by atoms with Crippen molar-refractivity contribution >= 4 is 34.9 Å². The highest BCUT2D eigenvalue weighted by Crippen LogP contribution is 2.63. The van der Waals surface area contributed by atoms with Crippen molar-refractivity contribution in [3.05, 3.63) is 58.0 Å². The molecule has 7 heteroatoms.